The van der Waals surface area contributed by atoms with Crippen LogP contribution in [0.15, 0.2) is 71.6 Å². The number of carbonyl (C=O) groups is 1. The highest BCUT2D eigenvalue weighted by Crippen LogP contribution is 2.21. The minimum Gasteiger partial charge on any atom is -0.497 e. The van der Waals surface area contributed by atoms with Gasteiger partial charge in [-0.2, -0.15) is 0 Å². The van der Waals surface area contributed by atoms with Crippen molar-refractivity contribution >= 4 is 21.6 Å². The van der Waals surface area contributed by atoms with Crippen molar-refractivity contribution in [2.24, 2.45) is 0 Å². The maximum atomic E-state index is 12.8. The van der Waals surface area contributed by atoms with E-state index in [0.717, 1.165) is 11.3 Å². The Balaban J connectivity index is 1.68. The highest BCUT2D eigenvalue weighted by molar-refractivity contribution is 7.92. The van der Waals surface area contributed by atoms with Crippen LogP contribution in [-0.4, -0.2) is 35.1 Å². The van der Waals surface area contributed by atoms with Crippen molar-refractivity contribution in [1.82, 2.24) is 5.32 Å². The van der Waals surface area contributed by atoms with Crippen LogP contribution >= 0.6 is 0 Å². The molecule has 3 aromatic carbocycles. The molecule has 0 atom stereocenters. The second-order valence-electron chi connectivity index (χ2n) is 7.16. The number of anilines is 1. The lowest BCUT2D eigenvalue weighted by Crippen LogP contribution is -2.26. The molecule has 0 aliphatic rings. The molecule has 0 aromatic heterocycles. The Labute approximate surface area is 188 Å². The summed E-state index contributed by atoms with van der Waals surface area (Å²) < 4.78 is 38.4. The summed E-state index contributed by atoms with van der Waals surface area (Å²) in [6.45, 7) is 2.19. The summed E-state index contributed by atoms with van der Waals surface area (Å²) in [4.78, 5) is 12.7. The first-order valence-electron chi connectivity index (χ1n) is 10.0. The summed E-state index contributed by atoms with van der Waals surface area (Å²) in [6.07, 6.45) is 0.645. The van der Waals surface area contributed by atoms with Gasteiger partial charge in [0.05, 0.1) is 19.1 Å². The lowest BCUT2D eigenvalue weighted by Gasteiger charge is -2.12. The normalized spacial score (nSPS) is 11.0. The Kier molecular flexibility index (Phi) is 7.37. The molecule has 1 amide bonds. The van der Waals surface area contributed by atoms with Crippen LogP contribution in [-0.2, 0) is 16.4 Å². The summed E-state index contributed by atoms with van der Waals surface area (Å²) in [6, 6.07) is 18.7. The Morgan fingerprint density at radius 3 is 2.06 bits per heavy atom. The predicted molar refractivity (Wildman–Crippen MR) is 124 cm³/mol. The number of hydrogen-bond donors (Lipinski definition) is 2. The van der Waals surface area contributed by atoms with Crippen LogP contribution < -0.4 is 19.5 Å². The number of hydrogen-bond acceptors (Lipinski definition) is 5. The summed E-state index contributed by atoms with van der Waals surface area (Å²) >= 11 is 0. The van der Waals surface area contributed by atoms with Gasteiger partial charge in [-0.1, -0.05) is 18.2 Å². The number of rotatable bonds is 9. The van der Waals surface area contributed by atoms with Gasteiger partial charge in [0.25, 0.3) is 15.9 Å². The first-order valence-corrected chi connectivity index (χ1v) is 11.5. The SMILES string of the molecule is COc1ccc(CCNC(=O)c2cc(S(=O)(=O)Nc3ccc(OC)cc3)ccc2C)cc1. The topological polar surface area (TPSA) is 93.7 Å². The molecule has 0 spiro atoms. The summed E-state index contributed by atoms with van der Waals surface area (Å²) in [5, 5.41) is 2.86. The zero-order chi connectivity index (χ0) is 23.1. The molecular weight excluding hydrogens is 428 g/mol. The monoisotopic (exact) mass is 454 g/mol. The van der Waals surface area contributed by atoms with Crippen LogP contribution in [0, 0.1) is 6.92 Å². The van der Waals surface area contributed by atoms with Gasteiger partial charge in [0.2, 0.25) is 0 Å². The van der Waals surface area contributed by atoms with Crippen LogP contribution in [0.4, 0.5) is 5.69 Å². The molecule has 168 valence electrons. The number of carbonyl (C=O) groups excluding carboxylic acids is 1. The Hall–Kier alpha value is -3.52. The molecule has 7 nitrogen and oxygen atoms in total. The van der Waals surface area contributed by atoms with E-state index in [-0.39, 0.29) is 10.8 Å². The maximum absolute atomic E-state index is 12.8. The quantitative estimate of drug-likeness (QED) is 0.513. The van der Waals surface area contributed by atoms with Gasteiger partial charge in [0.15, 0.2) is 0 Å². The van der Waals surface area contributed by atoms with Crippen molar-refractivity contribution < 1.29 is 22.7 Å². The van der Waals surface area contributed by atoms with E-state index >= 15 is 0 Å². The standard InChI is InChI=1S/C24H26N2O5S/c1-17-4-13-22(32(28,29)26-19-7-11-21(31-3)12-8-19)16-23(17)24(27)25-15-14-18-5-9-20(30-2)10-6-18/h4-13,16,26H,14-15H2,1-3H3,(H,25,27). The predicted octanol–water partition coefficient (Wildman–Crippen LogP) is 3.79. The minimum atomic E-state index is -3.86. The molecule has 32 heavy (non-hydrogen) atoms. The summed E-state index contributed by atoms with van der Waals surface area (Å²) in [7, 11) is -0.712. The zero-order valence-corrected chi connectivity index (χ0v) is 19.0. The van der Waals surface area contributed by atoms with E-state index in [1.54, 1.807) is 44.4 Å². The second kappa shape index (κ2) is 10.2. The molecule has 0 radical (unpaired) electrons. The van der Waals surface area contributed by atoms with Crippen LogP contribution in [0.2, 0.25) is 0 Å². The lowest BCUT2D eigenvalue weighted by molar-refractivity contribution is 0.0953. The van der Waals surface area contributed by atoms with Crippen molar-refractivity contribution in [3.63, 3.8) is 0 Å². The fraction of sp³-hybridized carbons (Fsp3) is 0.208. The van der Waals surface area contributed by atoms with Gasteiger partial charge in [-0.15, -0.1) is 0 Å². The molecule has 0 fully saturated rings. The molecule has 0 saturated carbocycles. The number of methoxy groups -OCH3 is 2. The molecule has 0 saturated heterocycles. The molecule has 3 aromatic rings. The van der Waals surface area contributed by atoms with Crippen LogP contribution in [0.5, 0.6) is 11.5 Å². The van der Waals surface area contributed by atoms with E-state index in [4.69, 9.17) is 9.47 Å². The van der Waals surface area contributed by atoms with Gasteiger partial charge >= 0.3 is 0 Å². The molecule has 0 aliphatic carbocycles. The third-order valence-corrected chi connectivity index (χ3v) is 6.34. The highest BCUT2D eigenvalue weighted by Gasteiger charge is 2.18. The fourth-order valence-electron chi connectivity index (χ4n) is 3.09. The van der Waals surface area contributed by atoms with Crippen molar-refractivity contribution in [1.29, 1.82) is 0 Å². The van der Waals surface area contributed by atoms with Crippen LogP contribution in [0.3, 0.4) is 0 Å². The average molecular weight is 455 g/mol. The molecule has 0 unspecified atom stereocenters. The van der Waals surface area contributed by atoms with E-state index in [1.165, 1.54) is 19.2 Å². The average Bonchev–Trinajstić information content (AvgIpc) is 2.80. The van der Waals surface area contributed by atoms with E-state index in [0.29, 0.717) is 35.5 Å². The van der Waals surface area contributed by atoms with Gasteiger partial charge in [0.1, 0.15) is 11.5 Å². The van der Waals surface area contributed by atoms with Crippen LogP contribution in [0.25, 0.3) is 0 Å². The number of nitrogens with one attached hydrogen (secondary N) is 2. The Bertz CT molecular complexity index is 1170. The number of ether oxygens (including phenoxy) is 2. The Morgan fingerprint density at radius 2 is 1.47 bits per heavy atom. The third-order valence-electron chi connectivity index (χ3n) is 4.96. The molecule has 0 heterocycles. The number of benzene rings is 3. The first kappa shape index (κ1) is 23.1. The van der Waals surface area contributed by atoms with Gasteiger partial charge < -0.3 is 14.8 Å². The lowest BCUT2D eigenvalue weighted by atomic mass is 10.1. The summed E-state index contributed by atoms with van der Waals surface area (Å²) in [5.74, 6) is 1.07. The molecule has 8 heteroatoms. The van der Waals surface area contributed by atoms with E-state index in [1.807, 2.05) is 24.3 Å². The third kappa shape index (κ3) is 5.79. The fourth-order valence-corrected chi connectivity index (χ4v) is 4.18. The molecule has 2 N–H and O–H groups in total. The smallest absolute Gasteiger partial charge is 0.261 e. The van der Waals surface area contributed by atoms with E-state index < -0.39 is 10.0 Å². The first-order chi connectivity index (χ1) is 15.3. The molecule has 3 rings (SSSR count). The van der Waals surface area contributed by atoms with Crippen LogP contribution in [0.1, 0.15) is 21.5 Å². The highest BCUT2D eigenvalue weighted by atomic mass is 32.2. The number of amides is 1. The largest absolute Gasteiger partial charge is 0.497 e. The maximum Gasteiger partial charge on any atom is 0.261 e. The van der Waals surface area contributed by atoms with Crippen molar-refractivity contribution in [3.8, 4) is 11.5 Å². The summed E-state index contributed by atoms with van der Waals surface area (Å²) in [5.41, 5.74) is 2.47. The zero-order valence-electron chi connectivity index (χ0n) is 18.2. The van der Waals surface area contributed by atoms with Crippen molar-refractivity contribution in [2.75, 3.05) is 25.5 Å². The molecular formula is C24H26N2O5S. The van der Waals surface area contributed by atoms with Crippen molar-refractivity contribution in [2.45, 2.75) is 18.2 Å². The van der Waals surface area contributed by atoms with Gasteiger partial charge in [-0.05, 0) is 73.0 Å². The van der Waals surface area contributed by atoms with Gasteiger partial charge in [-0.25, -0.2) is 8.42 Å². The van der Waals surface area contributed by atoms with Crippen molar-refractivity contribution in [3.05, 3.63) is 83.4 Å². The van der Waals surface area contributed by atoms with E-state index in [9.17, 15) is 13.2 Å². The van der Waals surface area contributed by atoms with Gasteiger partial charge in [-0.3, -0.25) is 9.52 Å². The van der Waals surface area contributed by atoms with Gasteiger partial charge in [0, 0.05) is 17.8 Å². The van der Waals surface area contributed by atoms with E-state index in [2.05, 4.69) is 10.0 Å². The number of sulfonamides is 1. The second-order valence-corrected chi connectivity index (χ2v) is 8.85. The molecule has 0 aliphatic heterocycles. The molecule has 0 bridgehead atoms. The Morgan fingerprint density at radius 1 is 0.875 bits per heavy atom. The minimum absolute atomic E-state index is 0.0132. The number of aryl methyl sites for hydroxylation is 1.